The van der Waals surface area contributed by atoms with Crippen LogP contribution in [0.4, 0.5) is 4.39 Å². The van der Waals surface area contributed by atoms with Gasteiger partial charge in [-0.3, -0.25) is 0 Å². The van der Waals surface area contributed by atoms with Crippen molar-refractivity contribution in [2.24, 2.45) is 5.92 Å². The zero-order valence-electron chi connectivity index (χ0n) is 5.81. The summed E-state index contributed by atoms with van der Waals surface area (Å²) in [5.74, 6) is -0.429. The summed E-state index contributed by atoms with van der Waals surface area (Å²) in [6.45, 7) is 3.57. The normalized spacial score (nSPS) is 33.4. The van der Waals surface area contributed by atoms with Crippen LogP contribution >= 0.6 is 0 Å². The number of rotatable bonds is 0. The summed E-state index contributed by atoms with van der Waals surface area (Å²) in [6, 6.07) is 1.95. The van der Waals surface area contributed by atoms with Crippen molar-refractivity contribution < 1.29 is 4.39 Å². The molecule has 0 saturated heterocycles. The number of hydrogen-bond acceptors (Lipinski definition) is 1. The maximum Gasteiger partial charge on any atom is 0.137 e. The Morgan fingerprint density at radius 1 is 1.70 bits per heavy atom. The Labute approximate surface area is 60.2 Å². The highest BCUT2D eigenvalue weighted by Gasteiger charge is 2.26. The molecule has 2 heteroatoms. The lowest BCUT2D eigenvalue weighted by atomic mass is 9.85. The molecule has 1 aliphatic rings. The number of nitriles is 1. The van der Waals surface area contributed by atoms with Gasteiger partial charge in [0.2, 0.25) is 0 Å². The van der Waals surface area contributed by atoms with E-state index in [4.69, 9.17) is 5.26 Å². The molecule has 0 bridgehead atoms. The molecule has 54 valence electrons. The van der Waals surface area contributed by atoms with Crippen LogP contribution < -0.4 is 0 Å². The number of hydrogen-bond donors (Lipinski definition) is 0. The topological polar surface area (TPSA) is 23.8 Å². The number of nitrogens with zero attached hydrogens (tertiary/aromatic N) is 1. The second-order valence-electron chi connectivity index (χ2n) is 2.69. The summed E-state index contributed by atoms with van der Waals surface area (Å²) in [5, 5.41) is 8.45. The Morgan fingerprint density at radius 3 is 2.90 bits per heavy atom. The van der Waals surface area contributed by atoms with Crippen LogP contribution in [0.3, 0.4) is 0 Å². The first-order valence-corrected chi connectivity index (χ1v) is 3.47. The lowest BCUT2D eigenvalue weighted by molar-refractivity contribution is 0.265. The van der Waals surface area contributed by atoms with E-state index in [1.54, 1.807) is 0 Å². The molecule has 10 heavy (non-hydrogen) atoms. The van der Waals surface area contributed by atoms with Crippen molar-refractivity contribution in [2.45, 2.75) is 25.4 Å². The molecule has 1 fully saturated rings. The van der Waals surface area contributed by atoms with Gasteiger partial charge in [-0.1, -0.05) is 6.58 Å². The minimum Gasteiger partial charge on any atom is -0.241 e. The van der Waals surface area contributed by atoms with E-state index >= 15 is 0 Å². The molecule has 2 unspecified atom stereocenters. The first-order valence-electron chi connectivity index (χ1n) is 3.47. The van der Waals surface area contributed by atoms with Crippen molar-refractivity contribution in [1.29, 1.82) is 5.26 Å². The van der Waals surface area contributed by atoms with Crippen molar-refractivity contribution in [3.8, 4) is 6.07 Å². The molecule has 0 heterocycles. The lowest BCUT2D eigenvalue weighted by Crippen LogP contribution is -2.20. The minimum absolute atomic E-state index is 0.429. The largest absolute Gasteiger partial charge is 0.241 e. The van der Waals surface area contributed by atoms with Crippen molar-refractivity contribution >= 4 is 0 Å². The van der Waals surface area contributed by atoms with Gasteiger partial charge in [0.05, 0.1) is 12.0 Å². The molecule has 2 atom stereocenters. The Balaban J connectivity index is 2.61. The van der Waals surface area contributed by atoms with Gasteiger partial charge in [0.25, 0.3) is 0 Å². The lowest BCUT2D eigenvalue weighted by Gasteiger charge is -2.21. The van der Waals surface area contributed by atoms with E-state index in [1.165, 1.54) is 0 Å². The Bertz CT molecular complexity index is 180. The SMILES string of the molecule is C=C1CCCC(C#N)C1F. The zero-order valence-corrected chi connectivity index (χ0v) is 5.81. The van der Waals surface area contributed by atoms with E-state index in [9.17, 15) is 4.39 Å². The summed E-state index contributed by atoms with van der Waals surface area (Å²) in [6.07, 6.45) is 1.28. The first-order chi connectivity index (χ1) is 4.75. The van der Waals surface area contributed by atoms with E-state index in [2.05, 4.69) is 6.58 Å². The first kappa shape index (κ1) is 7.27. The number of allylic oxidation sites excluding steroid dienone is 1. The summed E-state index contributed by atoms with van der Waals surface area (Å²) in [7, 11) is 0. The van der Waals surface area contributed by atoms with Crippen LogP contribution in [0.2, 0.25) is 0 Å². The molecule has 0 amide bonds. The standard InChI is InChI=1S/C8H10FN/c1-6-3-2-4-7(5-10)8(6)9/h7-8H,1-4H2. The average molecular weight is 139 g/mol. The fraction of sp³-hybridized carbons (Fsp3) is 0.625. The molecule has 1 rings (SSSR count). The van der Waals surface area contributed by atoms with Gasteiger partial charge in [-0.2, -0.15) is 5.26 Å². The van der Waals surface area contributed by atoms with Gasteiger partial charge in [0, 0.05) is 0 Å². The third kappa shape index (κ3) is 1.18. The van der Waals surface area contributed by atoms with Gasteiger partial charge < -0.3 is 0 Å². The molecular formula is C8H10FN. The average Bonchev–Trinajstić information content (AvgIpc) is 1.95. The highest BCUT2D eigenvalue weighted by atomic mass is 19.1. The molecule has 0 aromatic heterocycles. The van der Waals surface area contributed by atoms with Crippen molar-refractivity contribution in [3.05, 3.63) is 12.2 Å². The molecule has 1 nitrogen and oxygen atoms in total. The van der Waals surface area contributed by atoms with Crippen LogP contribution in [0.15, 0.2) is 12.2 Å². The predicted octanol–water partition coefficient (Wildman–Crippen LogP) is 2.20. The Hall–Kier alpha value is -0.840. The van der Waals surface area contributed by atoms with Gasteiger partial charge in [-0.15, -0.1) is 0 Å². The molecule has 1 saturated carbocycles. The monoisotopic (exact) mass is 139 g/mol. The van der Waals surface area contributed by atoms with Gasteiger partial charge >= 0.3 is 0 Å². The van der Waals surface area contributed by atoms with E-state index in [0.29, 0.717) is 12.0 Å². The van der Waals surface area contributed by atoms with E-state index in [-0.39, 0.29) is 0 Å². The van der Waals surface area contributed by atoms with Gasteiger partial charge in [-0.05, 0) is 24.8 Å². The van der Waals surface area contributed by atoms with Gasteiger partial charge in [0.15, 0.2) is 0 Å². The summed E-state index contributed by atoms with van der Waals surface area (Å²) in [5.41, 5.74) is 0.595. The van der Waals surface area contributed by atoms with Crippen LogP contribution in [0.5, 0.6) is 0 Å². The second kappa shape index (κ2) is 2.83. The van der Waals surface area contributed by atoms with Crippen molar-refractivity contribution in [2.75, 3.05) is 0 Å². The van der Waals surface area contributed by atoms with Crippen LogP contribution in [-0.4, -0.2) is 6.17 Å². The minimum atomic E-state index is -1.07. The molecule has 1 aliphatic carbocycles. The molecule has 0 N–H and O–H groups in total. The van der Waals surface area contributed by atoms with Gasteiger partial charge in [-0.25, -0.2) is 4.39 Å². The smallest absolute Gasteiger partial charge is 0.137 e. The fourth-order valence-corrected chi connectivity index (χ4v) is 1.25. The van der Waals surface area contributed by atoms with Crippen LogP contribution in [-0.2, 0) is 0 Å². The summed E-state index contributed by atoms with van der Waals surface area (Å²) < 4.78 is 12.9. The maximum absolute atomic E-state index is 12.9. The van der Waals surface area contributed by atoms with Crippen molar-refractivity contribution in [3.63, 3.8) is 0 Å². The Kier molecular flexibility index (Phi) is 2.06. The number of alkyl halides is 1. The van der Waals surface area contributed by atoms with E-state index in [1.807, 2.05) is 6.07 Å². The Morgan fingerprint density at radius 2 is 2.40 bits per heavy atom. The maximum atomic E-state index is 12.9. The quantitative estimate of drug-likeness (QED) is 0.472. The molecule has 0 aromatic carbocycles. The van der Waals surface area contributed by atoms with E-state index in [0.717, 1.165) is 12.8 Å². The van der Waals surface area contributed by atoms with E-state index < -0.39 is 12.1 Å². The molecule has 0 spiro atoms. The number of halogens is 1. The summed E-state index contributed by atoms with van der Waals surface area (Å²) in [4.78, 5) is 0. The molecule has 0 aliphatic heterocycles. The molecular weight excluding hydrogens is 129 g/mol. The molecule has 0 radical (unpaired) electrons. The highest BCUT2D eigenvalue weighted by molar-refractivity contribution is 5.12. The highest BCUT2D eigenvalue weighted by Crippen LogP contribution is 2.29. The third-order valence-electron chi connectivity index (χ3n) is 1.92. The van der Waals surface area contributed by atoms with Gasteiger partial charge in [0.1, 0.15) is 6.17 Å². The third-order valence-corrected chi connectivity index (χ3v) is 1.92. The second-order valence-corrected chi connectivity index (χ2v) is 2.69. The molecule has 0 aromatic rings. The summed E-state index contributed by atoms with van der Waals surface area (Å²) >= 11 is 0. The van der Waals surface area contributed by atoms with Crippen LogP contribution in [0.1, 0.15) is 19.3 Å². The zero-order chi connectivity index (χ0) is 7.56. The van der Waals surface area contributed by atoms with Crippen LogP contribution in [0.25, 0.3) is 0 Å². The van der Waals surface area contributed by atoms with Crippen LogP contribution in [0, 0.1) is 17.2 Å². The van der Waals surface area contributed by atoms with Crippen molar-refractivity contribution in [1.82, 2.24) is 0 Å². The predicted molar refractivity (Wildman–Crippen MR) is 37.0 cm³/mol. The fourth-order valence-electron chi connectivity index (χ4n) is 1.25.